The highest BCUT2D eigenvalue weighted by atomic mass is 16.6. The van der Waals surface area contributed by atoms with Crippen molar-refractivity contribution in [3.8, 4) is 0 Å². The van der Waals surface area contributed by atoms with Crippen LogP contribution in [0.1, 0.15) is 53.9 Å². The van der Waals surface area contributed by atoms with Gasteiger partial charge in [-0.1, -0.05) is 6.08 Å². The Balaban J connectivity index is 3.05. The smallest absolute Gasteiger partial charge is 0.408 e. The Bertz CT molecular complexity index is 617. The first-order chi connectivity index (χ1) is 13.9. The zero-order chi connectivity index (χ0) is 23.1. The van der Waals surface area contributed by atoms with Gasteiger partial charge in [0, 0.05) is 13.0 Å². The highest BCUT2D eigenvalue weighted by molar-refractivity contribution is 5.90. The normalized spacial score (nSPS) is 22.0. The predicted octanol–water partition coefficient (Wildman–Crippen LogP) is 1.77. The highest BCUT2D eigenvalue weighted by Gasteiger charge is 2.44. The maximum absolute atomic E-state index is 13.3. The number of esters is 1. The molecular formula is C21H36N2O7. The molecule has 1 unspecified atom stereocenters. The third-order valence-electron chi connectivity index (χ3n) is 4.67. The number of carbonyl (C=O) groups excluding carboxylic acids is 3. The van der Waals surface area contributed by atoms with Crippen LogP contribution >= 0.6 is 0 Å². The van der Waals surface area contributed by atoms with Crippen LogP contribution in [-0.2, 0) is 23.8 Å². The van der Waals surface area contributed by atoms with Gasteiger partial charge in [-0.3, -0.25) is 4.79 Å². The molecule has 30 heavy (non-hydrogen) atoms. The van der Waals surface area contributed by atoms with Crippen molar-refractivity contribution in [2.45, 2.75) is 89.9 Å². The largest absolute Gasteiger partial charge is 0.467 e. The topological polar surface area (TPSA) is 114 Å². The standard InChI is InChI=1S/C21H36N2O7/c1-8-9-10-13(2)29-14(3)17(22-20(27)30-21(4,5)6)18(25)23-12-15(24)11-16(23)19(26)28-7/h8,13-17,24H,1,9-12H2,2-7H3,(H,22,27)/t13?,14-,15+,16-,17-/m0/s1. The number of hydrogen-bond acceptors (Lipinski definition) is 7. The van der Waals surface area contributed by atoms with E-state index in [1.54, 1.807) is 33.8 Å². The number of carbonyl (C=O) groups is 3. The van der Waals surface area contributed by atoms with E-state index in [1.807, 2.05) is 6.92 Å². The molecule has 1 heterocycles. The van der Waals surface area contributed by atoms with Gasteiger partial charge in [0.1, 0.15) is 17.7 Å². The van der Waals surface area contributed by atoms with Gasteiger partial charge in [-0.15, -0.1) is 6.58 Å². The molecule has 1 aliphatic rings. The summed E-state index contributed by atoms with van der Waals surface area (Å²) in [6.07, 6.45) is 0.771. The first kappa shape index (κ1) is 25.9. The van der Waals surface area contributed by atoms with Gasteiger partial charge in [0.2, 0.25) is 5.91 Å². The molecule has 1 aliphatic heterocycles. The maximum Gasteiger partial charge on any atom is 0.408 e. The van der Waals surface area contributed by atoms with Crippen molar-refractivity contribution in [3.63, 3.8) is 0 Å². The van der Waals surface area contributed by atoms with Crippen LogP contribution in [-0.4, -0.2) is 77.6 Å². The molecule has 0 bridgehead atoms. The van der Waals surface area contributed by atoms with Gasteiger partial charge >= 0.3 is 12.1 Å². The van der Waals surface area contributed by atoms with Gasteiger partial charge in [0.25, 0.3) is 0 Å². The van der Waals surface area contributed by atoms with Crippen molar-refractivity contribution in [1.29, 1.82) is 0 Å². The molecule has 1 fully saturated rings. The Morgan fingerprint density at radius 3 is 2.47 bits per heavy atom. The first-order valence-corrected chi connectivity index (χ1v) is 10.2. The predicted molar refractivity (Wildman–Crippen MR) is 111 cm³/mol. The minimum absolute atomic E-state index is 0.0379. The van der Waals surface area contributed by atoms with Crippen molar-refractivity contribution in [2.24, 2.45) is 0 Å². The van der Waals surface area contributed by atoms with Crippen LogP contribution in [0.15, 0.2) is 12.7 Å². The summed E-state index contributed by atoms with van der Waals surface area (Å²) in [6.45, 7) is 12.3. The second kappa shape index (κ2) is 11.3. The number of aliphatic hydroxyl groups is 1. The Kier molecular flexibility index (Phi) is 9.77. The summed E-state index contributed by atoms with van der Waals surface area (Å²) in [5, 5.41) is 12.6. The van der Waals surface area contributed by atoms with Gasteiger partial charge in [-0.25, -0.2) is 9.59 Å². The van der Waals surface area contributed by atoms with Crippen molar-refractivity contribution < 1.29 is 33.7 Å². The fourth-order valence-electron chi connectivity index (χ4n) is 3.28. The first-order valence-electron chi connectivity index (χ1n) is 10.2. The Labute approximate surface area is 178 Å². The van der Waals surface area contributed by atoms with Crippen LogP contribution in [0.4, 0.5) is 4.79 Å². The van der Waals surface area contributed by atoms with Gasteiger partial charge in [-0.2, -0.15) is 0 Å². The minimum Gasteiger partial charge on any atom is -0.467 e. The number of hydrogen-bond donors (Lipinski definition) is 2. The maximum atomic E-state index is 13.3. The van der Waals surface area contributed by atoms with Crippen molar-refractivity contribution in [3.05, 3.63) is 12.7 Å². The number of amides is 2. The Morgan fingerprint density at radius 1 is 1.30 bits per heavy atom. The molecule has 9 heteroatoms. The monoisotopic (exact) mass is 428 g/mol. The van der Waals surface area contributed by atoms with Crippen LogP contribution < -0.4 is 5.32 Å². The molecule has 0 aliphatic carbocycles. The SMILES string of the molecule is C=CCCC(C)O[C@@H](C)[C@H](NC(=O)OC(C)(C)C)C(=O)N1C[C@H](O)C[C@H]1C(=O)OC. The highest BCUT2D eigenvalue weighted by Crippen LogP contribution is 2.22. The van der Waals surface area contributed by atoms with E-state index in [-0.39, 0.29) is 19.1 Å². The van der Waals surface area contributed by atoms with Crippen molar-refractivity contribution >= 4 is 18.0 Å². The number of alkyl carbamates (subject to hydrolysis) is 1. The molecule has 5 atom stereocenters. The fraction of sp³-hybridized carbons (Fsp3) is 0.762. The van der Waals surface area contributed by atoms with E-state index in [0.717, 1.165) is 6.42 Å². The second-order valence-electron chi connectivity index (χ2n) is 8.56. The number of nitrogens with one attached hydrogen (secondary N) is 1. The summed E-state index contributed by atoms with van der Waals surface area (Å²) in [7, 11) is 1.22. The average molecular weight is 429 g/mol. The molecule has 172 valence electrons. The molecule has 0 aromatic rings. The lowest BCUT2D eigenvalue weighted by Crippen LogP contribution is -2.57. The van der Waals surface area contributed by atoms with Gasteiger partial charge in [-0.05, 0) is 47.5 Å². The molecule has 9 nitrogen and oxygen atoms in total. The molecule has 0 saturated carbocycles. The Hall–Kier alpha value is -2.13. The van der Waals surface area contributed by atoms with E-state index in [4.69, 9.17) is 14.2 Å². The molecule has 0 radical (unpaired) electrons. The number of rotatable bonds is 9. The van der Waals surface area contributed by atoms with E-state index in [0.29, 0.717) is 6.42 Å². The zero-order valence-corrected chi connectivity index (χ0v) is 18.8. The molecule has 1 saturated heterocycles. The molecule has 2 amide bonds. The lowest BCUT2D eigenvalue weighted by molar-refractivity contribution is -0.153. The van der Waals surface area contributed by atoms with Crippen LogP contribution in [0, 0.1) is 0 Å². The van der Waals surface area contributed by atoms with E-state index >= 15 is 0 Å². The number of allylic oxidation sites excluding steroid dienone is 1. The lowest BCUT2D eigenvalue weighted by Gasteiger charge is -2.32. The number of likely N-dealkylation sites (tertiary alicyclic amines) is 1. The third kappa shape index (κ3) is 7.95. The van der Waals surface area contributed by atoms with Crippen LogP contribution in [0.25, 0.3) is 0 Å². The number of nitrogens with zero attached hydrogens (tertiary/aromatic N) is 1. The summed E-state index contributed by atoms with van der Waals surface area (Å²) in [6, 6.07) is -2.03. The fourth-order valence-corrected chi connectivity index (χ4v) is 3.28. The summed E-state index contributed by atoms with van der Waals surface area (Å²) in [5.74, 6) is -1.17. The number of ether oxygens (including phenoxy) is 3. The van der Waals surface area contributed by atoms with Gasteiger partial charge < -0.3 is 29.5 Å². The molecule has 0 aromatic carbocycles. The van der Waals surface area contributed by atoms with Gasteiger partial charge in [0.05, 0.1) is 25.4 Å². The third-order valence-corrected chi connectivity index (χ3v) is 4.67. The van der Waals surface area contributed by atoms with E-state index < -0.39 is 47.9 Å². The minimum atomic E-state index is -1.11. The van der Waals surface area contributed by atoms with Crippen molar-refractivity contribution in [1.82, 2.24) is 10.2 Å². The average Bonchev–Trinajstić information content (AvgIpc) is 3.03. The molecule has 2 N–H and O–H groups in total. The summed E-state index contributed by atoms with van der Waals surface area (Å²) >= 11 is 0. The van der Waals surface area contributed by atoms with Crippen LogP contribution in [0.2, 0.25) is 0 Å². The molecule has 1 rings (SSSR count). The van der Waals surface area contributed by atoms with Crippen molar-refractivity contribution in [2.75, 3.05) is 13.7 Å². The summed E-state index contributed by atoms with van der Waals surface area (Å²) in [4.78, 5) is 39.0. The lowest BCUT2D eigenvalue weighted by atomic mass is 10.1. The quantitative estimate of drug-likeness (QED) is 0.425. The Morgan fingerprint density at radius 2 is 1.93 bits per heavy atom. The molecule has 0 spiro atoms. The van der Waals surface area contributed by atoms with E-state index in [1.165, 1.54) is 12.0 Å². The summed E-state index contributed by atoms with van der Waals surface area (Å²) < 4.78 is 16.0. The van der Waals surface area contributed by atoms with E-state index in [9.17, 15) is 19.5 Å². The molecule has 0 aromatic heterocycles. The molecular weight excluding hydrogens is 392 g/mol. The van der Waals surface area contributed by atoms with E-state index in [2.05, 4.69) is 11.9 Å². The van der Waals surface area contributed by atoms with Crippen LogP contribution in [0.3, 0.4) is 0 Å². The summed E-state index contributed by atoms with van der Waals surface area (Å²) in [5.41, 5.74) is -0.753. The van der Waals surface area contributed by atoms with Gasteiger partial charge in [0.15, 0.2) is 0 Å². The number of aliphatic hydroxyl groups excluding tert-OH is 1. The number of methoxy groups -OCH3 is 1. The second-order valence-corrected chi connectivity index (χ2v) is 8.56. The zero-order valence-electron chi connectivity index (χ0n) is 18.8. The number of β-amino-alcohol motifs (C(OH)–C–C–N with tert-alkyl or cyclic N) is 1. The van der Waals surface area contributed by atoms with Crippen LogP contribution in [0.5, 0.6) is 0 Å².